The van der Waals surface area contributed by atoms with E-state index in [0.717, 1.165) is 0 Å². The van der Waals surface area contributed by atoms with Gasteiger partial charge in [0.1, 0.15) is 11.8 Å². The van der Waals surface area contributed by atoms with Gasteiger partial charge in [0.15, 0.2) is 0 Å². The summed E-state index contributed by atoms with van der Waals surface area (Å²) in [5.41, 5.74) is -6.69. The summed E-state index contributed by atoms with van der Waals surface area (Å²) in [5.74, 6) is -6.10. The molecule has 2 N–H and O–H groups in total. The molecule has 0 radical (unpaired) electrons. The molecule has 9 heteroatoms. The van der Waals surface area contributed by atoms with Crippen molar-refractivity contribution in [3.63, 3.8) is 0 Å². The Morgan fingerprint density at radius 3 is 2.88 bits per heavy atom. The Balaban J connectivity index is 1.69. The zero-order valence-electron chi connectivity index (χ0n) is 37.8. The van der Waals surface area contributed by atoms with E-state index < -0.39 is 157 Å². The van der Waals surface area contributed by atoms with Crippen LogP contribution in [0.15, 0.2) is 36.3 Å². The number of nitrogens with one attached hydrogen (secondary N) is 2. The van der Waals surface area contributed by atoms with Gasteiger partial charge in [-0.05, 0) is 30.1 Å². The maximum Gasteiger partial charge on any atom is 0.255 e. The maximum absolute atomic E-state index is 16.3. The largest absolute Gasteiger partial charge is 0.381 e. The highest BCUT2D eigenvalue weighted by atomic mass is 19.1. The van der Waals surface area contributed by atoms with Crippen molar-refractivity contribution in [2.75, 3.05) is 31.4 Å². The van der Waals surface area contributed by atoms with Crippen LogP contribution in [0.4, 0.5) is 10.1 Å². The lowest BCUT2D eigenvalue weighted by Gasteiger charge is -2.29. The van der Waals surface area contributed by atoms with Gasteiger partial charge in [-0.3, -0.25) is 24.6 Å². The van der Waals surface area contributed by atoms with E-state index in [9.17, 15) is 14.4 Å². The maximum atomic E-state index is 16.3. The van der Waals surface area contributed by atoms with Crippen molar-refractivity contribution in [1.82, 2.24) is 15.1 Å². The minimum atomic E-state index is -4.09. The number of ether oxygens (including phenoxy) is 1. The third-order valence-corrected chi connectivity index (χ3v) is 4.61. The Bertz CT molecular complexity index is 2030. The van der Waals surface area contributed by atoms with Crippen molar-refractivity contribution in [2.24, 2.45) is 0 Å². The molecule has 0 bridgehead atoms. The van der Waals surface area contributed by atoms with Crippen LogP contribution in [0.25, 0.3) is 0 Å². The molecule has 2 aromatic rings. The number of fused-ring (bicyclic) bond motifs is 1. The summed E-state index contributed by atoms with van der Waals surface area (Å²) >= 11 is 0. The second-order valence-electron chi connectivity index (χ2n) is 6.74. The van der Waals surface area contributed by atoms with Crippen molar-refractivity contribution >= 4 is 23.4 Å². The molecule has 8 nitrogen and oxygen atoms in total. The number of imide groups is 1. The summed E-state index contributed by atoms with van der Waals surface area (Å²) in [6.07, 6.45) is -1.31. The molecule has 0 aromatic heterocycles. The molecular formula is C25H27FN4O4. The quantitative estimate of drug-likeness (QED) is 0.606. The molecule has 5 rings (SSSR count). The Morgan fingerprint density at radius 2 is 2.09 bits per heavy atom. The number of hydrogen-bond acceptors (Lipinski definition) is 6. The minimum Gasteiger partial charge on any atom is -0.381 e. The van der Waals surface area contributed by atoms with Gasteiger partial charge in [0.25, 0.3) is 5.91 Å². The molecule has 2 fully saturated rings. The van der Waals surface area contributed by atoms with Crippen LogP contribution in [0.1, 0.15) is 68.7 Å². The number of halogens is 1. The number of benzene rings is 2. The normalized spacial score (nSPS) is 40.3. The number of piperidine rings is 1. The van der Waals surface area contributed by atoms with E-state index in [0.29, 0.717) is 0 Å². The van der Waals surface area contributed by atoms with Crippen LogP contribution >= 0.6 is 0 Å². The molecular weight excluding hydrogens is 439 g/mol. The van der Waals surface area contributed by atoms with E-state index in [-0.39, 0.29) is 4.90 Å². The fraction of sp³-hybridized carbons (Fsp3) is 0.400. The van der Waals surface area contributed by atoms with E-state index in [2.05, 4.69) is 4.74 Å². The van der Waals surface area contributed by atoms with Gasteiger partial charge in [-0.1, -0.05) is 18.1 Å². The van der Waals surface area contributed by atoms with Gasteiger partial charge in [-0.25, -0.2) is 4.39 Å². The standard InChI is InChI=1S/C25H27FN4O4/c26-20-12-16(14-29-8-10-34-11-9-29)4-5-17(20)13-27-21-3-1-2-18-19(21)15-30(25(18)33)22-6-7-23(31)28-24(22)32/h1-5,12,22,27H,6-11,13-15H2,(H,28,31,32)/t22-/m1/s1/i1D,2D,3D,4D,5D,8D2,9D2,10D2,11D2,12D,13D2,14D2,15D2,22D. The molecule has 3 aliphatic rings. The lowest BCUT2D eigenvalue weighted by Crippen LogP contribution is -2.52. The Kier molecular flexibility index (Phi) is 2.44. The first-order valence-corrected chi connectivity index (χ1v) is 9.51. The van der Waals surface area contributed by atoms with Crippen molar-refractivity contribution in [2.45, 2.75) is 38.4 Å². The van der Waals surface area contributed by atoms with E-state index in [1.807, 2.05) is 5.32 Å². The van der Waals surface area contributed by atoms with Gasteiger partial charge in [0.05, 0.1) is 33.7 Å². The van der Waals surface area contributed by atoms with Crippen LogP contribution in [-0.2, 0) is 33.8 Å². The average Bonchev–Trinajstić information content (AvgIpc) is 3.22. The van der Waals surface area contributed by atoms with Crippen molar-refractivity contribution in [1.29, 1.82) is 0 Å². The van der Waals surface area contributed by atoms with Gasteiger partial charge in [-0.2, -0.15) is 0 Å². The predicted molar refractivity (Wildman–Crippen MR) is 122 cm³/mol. The highest BCUT2D eigenvalue weighted by Gasteiger charge is 2.39. The van der Waals surface area contributed by atoms with Crippen LogP contribution < -0.4 is 10.6 Å². The van der Waals surface area contributed by atoms with Crippen LogP contribution in [0, 0.1) is 5.82 Å². The molecule has 0 aliphatic carbocycles. The minimum absolute atomic E-state index is 0.00895. The number of hydrogen-bond donors (Lipinski definition) is 2. The van der Waals surface area contributed by atoms with Gasteiger partial charge < -0.3 is 15.0 Å². The lowest BCUT2D eigenvalue weighted by molar-refractivity contribution is -0.136. The number of morpholine rings is 1. The van der Waals surface area contributed by atoms with Crippen molar-refractivity contribution < 1.29 is 52.3 Å². The smallest absolute Gasteiger partial charge is 0.255 e. The lowest BCUT2D eigenvalue weighted by atomic mass is 10.0. The monoisotopic (exact) mass is 487 g/mol. The van der Waals surface area contributed by atoms with Crippen LogP contribution in [0.3, 0.4) is 0 Å². The number of anilines is 1. The SMILES string of the molecule is [2H]c1c([2H])c(NC([2H])([2H])c2c([2H])c([2H])c(C([2H])([2H])N3C([2H])([2H])C([2H])([2H])OC([2H])([2H])C3([2H])[2H])c([2H])c2F)c2c(c1[2H])C(=O)N([C@]1([2H])CCC(=O)NC1=O)C2([2H])[2H]. The summed E-state index contributed by atoms with van der Waals surface area (Å²) in [5, 5.41) is 3.63. The molecule has 3 heterocycles. The number of carbonyl (C=O) groups excluding carboxylic acids is 3. The summed E-state index contributed by atoms with van der Waals surface area (Å²) in [6.45, 7) is -26.9. The molecule has 1 atom stereocenters. The first kappa shape index (κ1) is 8.73. The van der Waals surface area contributed by atoms with E-state index in [4.69, 9.17) is 28.8 Å². The fourth-order valence-corrected chi connectivity index (χ4v) is 3.07. The molecule has 2 aromatic carbocycles. The van der Waals surface area contributed by atoms with Gasteiger partial charge in [-0.15, -0.1) is 0 Å². The highest BCUT2D eigenvalue weighted by molar-refractivity contribution is 6.06. The molecule has 34 heavy (non-hydrogen) atoms. The summed E-state index contributed by atoms with van der Waals surface area (Å²) in [6, 6.07) is -11.5. The second-order valence-corrected chi connectivity index (χ2v) is 6.74. The fourth-order valence-electron chi connectivity index (χ4n) is 3.07. The molecule has 0 saturated carbocycles. The van der Waals surface area contributed by atoms with E-state index in [1.165, 1.54) is 0 Å². The number of carbonyl (C=O) groups is 3. The summed E-state index contributed by atoms with van der Waals surface area (Å²) < 4.78 is 196. The third kappa shape index (κ3) is 4.53. The van der Waals surface area contributed by atoms with E-state index >= 15 is 4.39 Å². The molecule has 2 saturated heterocycles. The zero-order valence-corrected chi connectivity index (χ0v) is 16.8. The number of rotatable bonds is 6. The van der Waals surface area contributed by atoms with E-state index in [1.54, 1.807) is 5.32 Å². The molecule has 3 amide bonds. The molecule has 0 spiro atoms. The molecule has 0 unspecified atom stereocenters. The van der Waals surface area contributed by atoms with Gasteiger partial charge in [0, 0.05) is 69.5 Å². The Morgan fingerprint density at radius 1 is 1.26 bits per heavy atom. The molecule has 178 valence electrons. The highest BCUT2D eigenvalue weighted by Crippen LogP contribution is 2.32. The van der Waals surface area contributed by atoms with Crippen molar-refractivity contribution in [3.8, 4) is 0 Å². The Hall–Kier alpha value is -3.30. The van der Waals surface area contributed by atoms with Gasteiger partial charge in [0.2, 0.25) is 11.8 Å². The average molecular weight is 488 g/mol. The predicted octanol–water partition coefficient (Wildman–Crippen LogP) is 2.03. The Labute approximate surface area is 226 Å². The number of amides is 3. The summed E-state index contributed by atoms with van der Waals surface area (Å²) in [4.78, 5) is 37.5. The van der Waals surface area contributed by atoms with Crippen LogP contribution in [-0.4, -0.2) is 59.7 Å². The first-order chi connectivity index (χ1) is 24.6. The van der Waals surface area contributed by atoms with Crippen LogP contribution in [0.5, 0.6) is 0 Å². The molecule has 3 aliphatic heterocycles. The third-order valence-electron chi connectivity index (χ3n) is 4.61. The zero-order chi connectivity index (χ0) is 42.4. The second kappa shape index (κ2) is 9.52. The van der Waals surface area contributed by atoms with Crippen LogP contribution in [0.2, 0.25) is 0 Å². The first-order valence-electron chi connectivity index (χ1n) is 20.0. The topological polar surface area (TPSA) is 91.0 Å². The summed E-state index contributed by atoms with van der Waals surface area (Å²) in [7, 11) is 0. The number of nitrogens with zero attached hydrogens (tertiary/aromatic N) is 2. The van der Waals surface area contributed by atoms with Gasteiger partial charge >= 0.3 is 0 Å². The van der Waals surface area contributed by atoms with Crippen molar-refractivity contribution in [3.05, 3.63) is 64.3 Å².